The van der Waals surface area contributed by atoms with Crippen LogP contribution in [0.25, 0.3) is 0 Å². The Morgan fingerprint density at radius 1 is 1.03 bits per heavy atom. The smallest absolute Gasteiger partial charge is 0.338 e. The Morgan fingerprint density at radius 2 is 1.78 bits per heavy atom. The van der Waals surface area contributed by atoms with E-state index in [9.17, 15) is 35.1 Å². The third kappa shape index (κ3) is 10.1. The number of aliphatic hydroxyl groups is 3. The molecule has 1 fully saturated rings. The molecule has 1 spiro atoms. The molecule has 9 N–H and O–H groups in total. The van der Waals surface area contributed by atoms with Gasteiger partial charge in [-0.25, -0.2) is 9.59 Å². The second-order valence-corrected chi connectivity index (χ2v) is 14.8. The van der Waals surface area contributed by atoms with E-state index in [0.29, 0.717) is 12.3 Å². The molecule has 0 saturated carbocycles. The van der Waals surface area contributed by atoms with Gasteiger partial charge in [0.15, 0.2) is 35.7 Å². The minimum atomic E-state index is -1.87. The molecule has 1 saturated heterocycles. The predicted molar refractivity (Wildman–Crippen MR) is 212 cm³/mol. The average molecular weight is 811 g/mol. The summed E-state index contributed by atoms with van der Waals surface area (Å²) in [5.41, 5.74) is 5.24. The number of rotatable bonds is 16. The number of phenolic OH excluding ortho intramolecular Hbond substituents is 1. The van der Waals surface area contributed by atoms with Gasteiger partial charge in [-0.3, -0.25) is 4.99 Å². The number of hydrogen-bond donors (Lipinski definition) is 8. The minimum Gasteiger partial charge on any atom is -0.502 e. The average Bonchev–Trinajstić information content (AvgIpc) is 3.20. The molecule has 0 bridgehead atoms. The summed E-state index contributed by atoms with van der Waals surface area (Å²) in [5.74, 6) is -2.23. The number of carbonyl (C=O) groups excluding carboxylic acids is 1. The van der Waals surface area contributed by atoms with Crippen molar-refractivity contribution in [2.75, 3.05) is 39.4 Å². The van der Waals surface area contributed by atoms with E-state index in [1.165, 1.54) is 32.4 Å². The lowest BCUT2D eigenvalue weighted by atomic mass is 9.81. The summed E-state index contributed by atoms with van der Waals surface area (Å²) < 4.78 is 35.4. The molecule has 17 nitrogen and oxygen atoms in total. The number of aromatic carboxylic acids is 1. The molecule has 6 atom stereocenters. The molecule has 5 rings (SSSR count). The van der Waals surface area contributed by atoms with Gasteiger partial charge in [-0.1, -0.05) is 44.2 Å². The van der Waals surface area contributed by atoms with Crippen molar-refractivity contribution in [3.63, 3.8) is 0 Å². The quantitative estimate of drug-likeness (QED) is 0.0448. The van der Waals surface area contributed by atoms with Crippen molar-refractivity contribution < 1.29 is 63.5 Å². The van der Waals surface area contributed by atoms with Crippen LogP contribution in [0.3, 0.4) is 0 Å². The van der Waals surface area contributed by atoms with Gasteiger partial charge in [-0.05, 0) is 50.2 Å². The van der Waals surface area contributed by atoms with Crippen LogP contribution in [0.5, 0.6) is 28.7 Å². The van der Waals surface area contributed by atoms with E-state index >= 15 is 0 Å². The van der Waals surface area contributed by atoms with E-state index in [1.54, 1.807) is 0 Å². The molecule has 3 aromatic carbocycles. The molecule has 0 unspecified atom stereocenters. The Morgan fingerprint density at radius 3 is 2.45 bits per heavy atom. The monoisotopic (exact) mass is 810 g/mol. The van der Waals surface area contributed by atoms with Gasteiger partial charge in [0, 0.05) is 37.2 Å². The van der Waals surface area contributed by atoms with Crippen LogP contribution in [0.2, 0.25) is 0 Å². The van der Waals surface area contributed by atoms with Gasteiger partial charge in [0.25, 0.3) is 0 Å². The van der Waals surface area contributed by atoms with E-state index in [0.717, 1.165) is 18.4 Å². The molecular formula is C41H54N4O13. The Balaban J connectivity index is 1.45. The maximum atomic E-state index is 13.7. The van der Waals surface area contributed by atoms with Gasteiger partial charge in [-0.2, -0.15) is 0 Å². The number of nitrogens with one attached hydrogen (secondary N) is 2. The lowest BCUT2D eigenvalue weighted by molar-refractivity contribution is -0.320. The highest BCUT2D eigenvalue weighted by atomic mass is 16.7. The zero-order chi connectivity index (χ0) is 42.1. The van der Waals surface area contributed by atoms with Gasteiger partial charge >= 0.3 is 11.9 Å². The van der Waals surface area contributed by atoms with Gasteiger partial charge in [0.2, 0.25) is 12.0 Å². The first-order valence-corrected chi connectivity index (χ1v) is 19.1. The van der Waals surface area contributed by atoms with Crippen molar-refractivity contribution in [2.24, 2.45) is 16.6 Å². The van der Waals surface area contributed by atoms with Crippen LogP contribution in [0.4, 0.5) is 5.69 Å². The number of nitrogens with two attached hydrogens (primary N) is 1. The van der Waals surface area contributed by atoms with E-state index < -0.39 is 48.7 Å². The van der Waals surface area contributed by atoms with Crippen LogP contribution in [-0.2, 0) is 22.3 Å². The number of nitrogens with zero attached hydrogens (tertiary/aromatic N) is 1. The summed E-state index contributed by atoms with van der Waals surface area (Å²) in [6, 6.07) is 13.4. The molecule has 0 aliphatic carbocycles. The number of guanidine groups is 1. The molecule has 2 aliphatic rings. The number of carboxylic acids is 1. The van der Waals surface area contributed by atoms with Crippen LogP contribution < -0.4 is 35.3 Å². The number of ether oxygens (including phenoxy) is 6. The van der Waals surface area contributed by atoms with Crippen molar-refractivity contribution in [3.8, 4) is 28.7 Å². The summed E-state index contributed by atoms with van der Waals surface area (Å²) in [4.78, 5) is 29.9. The van der Waals surface area contributed by atoms with Crippen LogP contribution in [0.15, 0.2) is 53.5 Å². The molecule has 0 amide bonds. The van der Waals surface area contributed by atoms with E-state index in [-0.39, 0.29) is 89.3 Å². The van der Waals surface area contributed by atoms with E-state index in [2.05, 4.69) is 29.5 Å². The number of fused-ring (bicyclic) bond motifs is 1. The van der Waals surface area contributed by atoms with Gasteiger partial charge in [-0.15, -0.1) is 0 Å². The fourth-order valence-corrected chi connectivity index (χ4v) is 6.85. The Bertz CT molecular complexity index is 1930. The first kappa shape index (κ1) is 43.6. The highest BCUT2D eigenvalue weighted by molar-refractivity contribution is 5.95. The number of anilines is 1. The minimum absolute atomic E-state index is 0.00899. The molecule has 58 heavy (non-hydrogen) atoms. The number of hydrogen-bond acceptors (Lipinski definition) is 14. The highest BCUT2D eigenvalue weighted by Gasteiger charge is 2.56. The fourth-order valence-electron chi connectivity index (χ4n) is 6.85. The first-order chi connectivity index (χ1) is 27.7. The summed E-state index contributed by atoms with van der Waals surface area (Å²) in [6.07, 6.45) is -5.24. The number of aliphatic imine (C=N–C) groups is 1. The van der Waals surface area contributed by atoms with E-state index in [4.69, 9.17) is 34.2 Å². The normalized spacial score (nSPS) is 22.6. The SMILES string of the molecule is CN=C(N)NCOc1cc(C(=O)O)c(N[C@H](C)CCC(C)C)cc1O[C@@H]1O[C@@]2(CCc3c(cc(OCCc4ccccc4)c(O)c3OC)C(=O)OC2)[C@@H](O)[C@H](O)[C@H]1O. The zero-order valence-corrected chi connectivity index (χ0v) is 33.3. The van der Waals surface area contributed by atoms with Crippen molar-refractivity contribution in [2.45, 2.75) is 89.1 Å². The number of carbonyl (C=O) groups is 2. The molecule has 3 aromatic rings. The number of phenols is 1. The lowest BCUT2D eigenvalue weighted by Gasteiger charge is -2.48. The topological polar surface area (TPSA) is 253 Å². The van der Waals surface area contributed by atoms with Gasteiger partial charge in [0.05, 0.1) is 30.5 Å². The highest BCUT2D eigenvalue weighted by Crippen LogP contribution is 2.46. The third-order valence-corrected chi connectivity index (χ3v) is 10.2. The number of esters is 1. The molecule has 2 heterocycles. The molecule has 17 heteroatoms. The van der Waals surface area contributed by atoms with Crippen molar-refractivity contribution in [1.29, 1.82) is 0 Å². The first-order valence-electron chi connectivity index (χ1n) is 19.1. The Hall–Kier alpha value is -5.49. The number of aromatic hydroxyl groups is 1. The van der Waals surface area contributed by atoms with Crippen LogP contribution in [0, 0.1) is 5.92 Å². The molecule has 316 valence electrons. The van der Waals surface area contributed by atoms with Gasteiger partial charge < -0.3 is 70.3 Å². The van der Waals surface area contributed by atoms with E-state index in [1.807, 2.05) is 37.3 Å². The molecule has 2 aliphatic heterocycles. The maximum absolute atomic E-state index is 13.7. The standard InChI is InChI=1S/C41H54N4O13/c1-22(2)11-12-23(3)45-28-19-30(29(18-27(28)37(50)51)56-21-44-40(42)43-4)57-39-34(48)33(47)36(49)41(58-39)15-13-25-26(38(52)55-20-41)17-31(32(46)35(25)53-5)54-16-14-24-9-7-6-8-10-24/h6-10,17-19,22-23,33-34,36,39,45-49H,11-16,20-21H2,1-5H3,(H,50,51)(H3,42,43,44)/t23-,33-,34-,36+,39-,41-/m1/s1. The number of carboxylic acid groups (broad SMARTS) is 1. The lowest BCUT2D eigenvalue weighted by Crippen LogP contribution is -2.67. The zero-order valence-electron chi connectivity index (χ0n) is 33.3. The van der Waals surface area contributed by atoms with Crippen molar-refractivity contribution in [3.05, 3.63) is 70.8 Å². The van der Waals surface area contributed by atoms with Gasteiger partial charge in [0.1, 0.15) is 30.5 Å². The third-order valence-electron chi connectivity index (χ3n) is 10.2. The second-order valence-electron chi connectivity index (χ2n) is 14.8. The second kappa shape index (κ2) is 19.3. The fraction of sp³-hybridized carbons (Fsp3) is 0.488. The Kier molecular flexibility index (Phi) is 14.5. The maximum Gasteiger partial charge on any atom is 0.338 e. The summed E-state index contributed by atoms with van der Waals surface area (Å²) in [6.45, 7) is 5.43. The summed E-state index contributed by atoms with van der Waals surface area (Å²) in [7, 11) is 2.78. The number of cyclic esters (lactones) is 1. The van der Waals surface area contributed by atoms with Crippen LogP contribution in [-0.4, -0.2) is 114 Å². The summed E-state index contributed by atoms with van der Waals surface area (Å²) >= 11 is 0. The number of aliphatic hydroxyl groups excluding tert-OH is 3. The number of benzene rings is 3. The van der Waals surface area contributed by atoms with Crippen LogP contribution >= 0.6 is 0 Å². The Labute approximate surface area is 336 Å². The van der Waals surface area contributed by atoms with Crippen molar-refractivity contribution >= 4 is 23.6 Å². The largest absolute Gasteiger partial charge is 0.502 e. The molecule has 0 radical (unpaired) electrons. The summed E-state index contributed by atoms with van der Waals surface area (Å²) in [5, 5.41) is 61.2. The van der Waals surface area contributed by atoms with Crippen LogP contribution in [0.1, 0.15) is 71.9 Å². The molecule has 0 aromatic heterocycles. The number of methoxy groups -OCH3 is 1. The van der Waals surface area contributed by atoms with Crippen molar-refractivity contribution in [1.82, 2.24) is 5.32 Å². The predicted octanol–water partition coefficient (Wildman–Crippen LogP) is 3.19. The molecular weight excluding hydrogens is 756 g/mol.